The first-order chi connectivity index (χ1) is 18.2. The topological polar surface area (TPSA) is 79.5 Å². The summed E-state index contributed by atoms with van der Waals surface area (Å²) in [4.78, 5) is 34.3. The number of hydrogen-bond donors (Lipinski definition) is 1. The molecule has 0 unspecified atom stereocenters. The average molecular weight is 667 g/mol. The third-order valence-corrected chi connectivity index (χ3v) is 9.87. The van der Waals surface area contributed by atoms with Gasteiger partial charge in [0.1, 0.15) is 0 Å². The standard InChI is InChI=1S/C29H35Br2ClN4O2/c1-17(33)29(38)36-8-4-18(5-9-36)12-25(37)35-10-6-19(7-11-35)27-26-20(14-23(32)15-24(26)31)2-3-21-13-22(30)16-34-28(21)27/h13-19,27H,2-12,33H2,1H3/t17-,27-/m1/s1. The molecule has 2 atom stereocenters. The number of pyridine rings is 1. The molecule has 9 heteroatoms. The molecule has 0 bridgehead atoms. The minimum Gasteiger partial charge on any atom is -0.343 e. The molecule has 6 nitrogen and oxygen atoms in total. The zero-order valence-electron chi connectivity index (χ0n) is 21.8. The lowest BCUT2D eigenvalue weighted by atomic mass is 9.76. The Bertz CT molecular complexity index is 1210. The van der Waals surface area contributed by atoms with Gasteiger partial charge in [-0.05, 0) is 108 Å². The highest BCUT2D eigenvalue weighted by atomic mass is 79.9. The lowest BCUT2D eigenvalue weighted by molar-refractivity contribution is -0.135. The van der Waals surface area contributed by atoms with Crippen LogP contribution in [0.5, 0.6) is 0 Å². The minimum absolute atomic E-state index is 0.00858. The minimum atomic E-state index is -0.462. The van der Waals surface area contributed by atoms with Crippen molar-refractivity contribution >= 4 is 55.3 Å². The van der Waals surface area contributed by atoms with Crippen LogP contribution in [-0.4, -0.2) is 58.8 Å². The Morgan fingerprint density at radius 2 is 1.68 bits per heavy atom. The highest BCUT2D eigenvalue weighted by molar-refractivity contribution is 9.10. The second-order valence-corrected chi connectivity index (χ2v) is 13.3. The number of fused-ring (bicyclic) bond motifs is 2. The molecule has 0 spiro atoms. The van der Waals surface area contributed by atoms with Gasteiger partial charge in [0.25, 0.3) is 0 Å². The molecule has 3 heterocycles. The van der Waals surface area contributed by atoms with Gasteiger partial charge in [-0.15, -0.1) is 0 Å². The molecule has 5 rings (SSSR count). The SMILES string of the molecule is C[C@@H](N)C(=O)N1CCC(CC(=O)N2CCC([C@H]3c4ncc(Br)cc4CCc4cc(Cl)cc(Br)c43)CC2)CC1. The van der Waals surface area contributed by atoms with Crippen LogP contribution in [0.15, 0.2) is 33.3 Å². The molecule has 2 saturated heterocycles. The van der Waals surface area contributed by atoms with Gasteiger partial charge in [0.05, 0.1) is 11.7 Å². The number of benzene rings is 1. The molecule has 0 radical (unpaired) electrons. The number of nitrogens with zero attached hydrogens (tertiary/aromatic N) is 3. The number of hydrogen-bond acceptors (Lipinski definition) is 4. The zero-order valence-corrected chi connectivity index (χ0v) is 25.7. The number of carbonyl (C=O) groups is 2. The van der Waals surface area contributed by atoms with E-state index in [2.05, 4.69) is 48.9 Å². The van der Waals surface area contributed by atoms with E-state index in [1.165, 1.54) is 16.7 Å². The van der Waals surface area contributed by atoms with Gasteiger partial charge in [-0.1, -0.05) is 27.5 Å². The van der Waals surface area contributed by atoms with Gasteiger partial charge in [-0.2, -0.15) is 0 Å². The number of rotatable bonds is 4. The normalized spacial score (nSPS) is 21.4. The number of piperidine rings is 2. The van der Waals surface area contributed by atoms with E-state index in [1.54, 1.807) is 6.92 Å². The van der Waals surface area contributed by atoms with E-state index >= 15 is 0 Å². The molecular weight excluding hydrogens is 632 g/mol. The summed E-state index contributed by atoms with van der Waals surface area (Å²) < 4.78 is 2.06. The maximum absolute atomic E-state index is 13.2. The Kier molecular flexibility index (Phi) is 8.82. The first-order valence-electron chi connectivity index (χ1n) is 13.7. The molecule has 2 aliphatic heterocycles. The van der Waals surface area contributed by atoms with E-state index in [-0.39, 0.29) is 17.7 Å². The van der Waals surface area contributed by atoms with Gasteiger partial charge in [0.2, 0.25) is 11.8 Å². The maximum Gasteiger partial charge on any atom is 0.239 e. The monoisotopic (exact) mass is 664 g/mol. The van der Waals surface area contributed by atoms with E-state index in [0.717, 1.165) is 71.3 Å². The molecule has 1 aromatic carbocycles. The van der Waals surface area contributed by atoms with Gasteiger partial charge in [0.15, 0.2) is 0 Å². The molecule has 2 amide bonds. The number of likely N-dealkylation sites (tertiary alicyclic amines) is 2. The van der Waals surface area contributed by atoms with Crippen molar-refractivity contribution in [2.24, 2.45) is 17.6 Å². The van der Waals surface area contributed by atoms with Crippen LogP contribution in [0.3, 0.4) is 0 Å². The third-order valence-electron chi connectivity index (χ3n) is 8.56. The molecule has 3 aliphatic rings. The predicted molar refractivity (Wildman–Crippen MR) is 157 cm³/mol. The van der Waals surface area contributed by atoms with E-state index in [4.69, 9.17) is 22.3 Å². The van der Waals surface area contributed by atoms with Crippen LogP contribution in [0, 0.1) is 11.8 Å². The number of nitrogens with two attached hydrogens (primary N) is 1. The number of halogens is 3. The summed E-state index contributed by atoms with van der Waals surface area (Å²) >= 11 is 13.9. The first-order valence-corrected chi connectivity index (χ1v) is 15.6. The van der Waals surface area contributed by atoms with Gasteiger partial charge in [0, 0.05) is 58.7 Å². The summed E-state index contributed by atoms with van der Waals surface area (Å²) in [5, 5.41) is 0.752. The highest BCUT2D eigenvalue weighted by Crippen LogP contribution is 2.46. The lowest BCUT2D eigenvalue weighted by Gasteiger charge is -2.38. The maximum atomic E-state index is 13.2. The summed E-state index contributed by atoms with van der Waals surface area (Å²) in [6, 6.07) is 5.86. The number of aromatic nitrogens is 1. The Balaban J connectivity index is 1.26. The Hall–Kier alpha value is -1.48. The number of amides is 2. The van der Waals surface area contributed by atoms with Gasteiger partial charge in [-0.3, -0.25) is 14.6 Å². The summed E-state index contributed by atoms with van der Waals surface area (Å²) in [5.74, 6) is 1.16. The van der Waals surface area contributed by atoms with E-state index < -0.39 is 6.04 Å². The van der Waals surface area contributed by atoms with Crippen molar-refractivity contribution in [3.63, 3.8) is 0 Å². The summed E-state index contributed by atoms with van der Waals surface area (Å²) in [6.45, 7) is 4.67. The van der Waals surface area contributed by atoms with Crippen molar-refractivity contribution in [2.75, 3.05) is 26.2 Å². The van der Waals surface area contributed by atoms with Crippen molar-refractivity contribution in [2.45, 2.75) is 63.8 Å². The fourth-order valence-corrected chi connectivity index (χ4v) is 8.03. The fourth-order valence-electron chi connectivity index (χ4n) is 6.53. The second-order valence-electron chi connectivity index (χ2n) is 11.1. The average Bonchev–Trinajstić information content (AvgIpc) is 3.05. The molecule has 38 heavy (non-hydrogen) atoms. The second kappa shape index (κ2) is 11.9. The van der Waals surface area contributed by atoms with Crippen LogP contribution in [0.1, 0.15) is 67.3 Å². The highest BCUT2D eigenvalue weighted by Gasteiger charge is 2.37. The van der Waals surface area contributed by atoms with Crippen molar-refractivity contribution < 1.29 is 9.59 Å². The Morgan fingerprint density at radius 1 is 1.03 bits per heavy atom. The van der Waals surface area contributed by atoms with Crippen LogP contribution >= 0.6 is 43.5 Å². The largest absolute Gasteiger partial charge is 0.343 e. The van der Waals surface area contributed by atoms with Crippen molar-refractivity contribution in [1.82, 2.24) is 14.8 Å². The van der Waals surface area contributed by atoms with E-state index in [9.17, 15) is 9.59 Å². The van der Waals surface area contributed by atoms with E-state index in [1.807, 2.05) is 17.2 Å². The summed E-state index contributed by atoms with van der Waals surface area (Å²) in [7, 11) is 0. The number of aryl methyl sites for hydroxylation is 2. The third kappa shape index (κ3) is 5.98. The van der Waals surface area contributed by atoms with Crippen LogP contribution in [-0.2, 0) is 22.4 Å². The predicted octanol–water partition coefficient (Wildman–Crippen LogP) is 5.71. The molecule has 204 valence electrons. The van der Waals surface area contributed by atoms with Crippen LogP contribution in [0.25, 0.3) is 0 Å². The van der Waals surface area contributed by atoms with Gasteiger partial charge >= 0.3 is 0 Å². The fraction of sp³-hybridized carbons (Fsp3) is 0.552. The van der Waals surface area contributed by atoms with E-state index in [0.29, 0.717) is 31.3 Å². The van der Waals surface area contributed by atoms with Gasteiger partial charge < -0.3 is 15.5 Å². The van der Waals surface area contributed by atoms with Crippen molar-refractivity contribution in [3.05, 3.63) is 60.7 Å². The molecule has 2 N–H and O–H groups in total. The molecule has 1 aliphatic carbocycles. The molecule has 2 fully saturated rings. The van der Waals surface area contributed by atoms with Gasteiger partial charge in [-0.25, -0.2) is 0 Å². The van der Waals surface area contributed by atoms with Crippen molar-refractivity contribution in [3.8, 4) is 0 Å². The quantitative estimate of drug-likeness (QED) is 0.454. The zero-order chi connectivity index (χ0) is 27.0. The molecule has 1 aromatic heterocycles. The summed E-state index contributed by atoms with van der Waals surface area (Å²) in [6.07, 6.45) is 7.98. The van der Waals surface area contributed by atoms with Crippen LogP contribution in [0.4, 0.5) is 0 Å². The molecule has 0 saturated carbocycles. The molecular formula is C29H35Br2ClN4O2. The Morgan fingerprint density at radius 3 is 2.37 bits per heavy atom. The smallest absolute Gasteiger partial charge is 0.239 e. The van der Waals surface area contributed by atoms with Crippen molar-refractivity contribution in [1.29, 1.82) is 0 Å². The first kappa shape index (κ1) is 28.1. The van der Waals surface area contributed by atoms with Crippen LogP contribution < -0.4 is 5.73 Å². The van der Waals surface area contributed by atoms with Crippen LogP contribution in [0.2, 0.25) is 5.02 Å². The lowest BCUT2D eigenvalue weighted by Crippen LogP contribution is -2.46. The molecule has 2 aromatic rings. The summed E-state index contributed by atoms with van der Waals surface area (Å²) in [5.41, 5.74) is 10.8. The number of carbonyl (C=O) groups excluding carboxylic acids is 2. The Labute approximate surface area is 246 Å².